The summed E-state index contributed by atoms with van der Waals surface area (Å²) in [5.41, 5.74) is 3.06. The largest absolute Gasteiger partial charge is 0.364 e. The van der Waals surface area contributed by atoms with Crippen molar-refractivity contribution in [1.82, 2.24) is 0 Å². The zero-order valence-electron chi connectivity index (χ0n) is 4.20. The lowest BCUT2D eigenvalue weighted by molar-refractivity contribution is -0.00449. The predicted molar refractivity (Wildman–Crippen MR) is 29.0 cm³/mol. The summed E-state index contributed by atoms with van der Waals surface area (Å²) in [7, 11) is 0. The Morgan fingerprint density at radius 2 is 2.25 bits per heavy atom. The van der Waals surface area contributed by atoms with Gasteiger partial charge in [-0.15, -0.1) is 5.73 Å². The molecular formula is C6H6O2. The van der Waals surface area contributed by atoms with Crippen molar-refractivity contribution < 1.29 is 10.2 Å². The van der Waals surface area contributed by atoms with Gasteiger partial charge in [-0.05, 0) is 12.2 Å². The summed E-state index contributed by atoms with van der Waals surface area (Å²) in [5, 5.41) is 16.9. The van der Waals surface area contributed by atoms with Crippen LogP contribution in [-0.2, 0) is 0 Å². The van der Waals surface area contributed by atoms with E-state index in [-0.39, 0.29) is 0 Å². The minimum Gasteiger partial charge on any atom is -0.364 e. The van der Waals surface area contributed by atoms with E-state index >= 15 is 0 Å². The fraction of sp³-hybridized carbons (Fsp3) is 0.167. The molecule has 2 nitrogen and oxygen atoms in total. The first-order valence-electron chi connectivity index (χ1n) is 2.30. The minimum atomic E-state index is -1.37. The first-order chi connectivity index (χ1) is 3.80. The SMILES string of the molecule is OC(O)C1=C=CC=C1. The Bertz CT molecular complexity index is 171. The molecule has 0 aromatic rings. The second-order valence-electron chi connectivity index (χ2n) is 1.50. The number of allylic oxidation sites excluding steroid dienone is 1. The Morgan fingerprint density at radius 1 is 1.50 bits per heavy atom. The van der Waals surface area contributed by atoms with Crippen LogP contribution in [0, 0.1) is 0 Å². The molecule has 1 aliphatic rings. The third kappa shape index (κ3) is 0.873. The highest BCUT2D eigenvalue weighted by Crippen LogP contribution is 2.03. The van der Waals surface area contributed by atoms with Crippen molar-refractivity contribution in [1.29, 1.82) is 0 Å². The van der Waals surface area contributed by atoms with Crippen molar-refractivity contribution in [2.45, 2.75) is 6.29 Å². The van der Waals surface area contributed by atoms with Crippen LogP contribution in [0.1, 0.15) is 0 Å². The monoisotopic (exact) mass is 110 g/mol. The van der Waals surface area contributed by atoms with Crippen LogP contribution in [0.4, 0.5) is 0 Å². The van der Waals surface area contributed by atoms with Gasteiger partial charge >= 0.3 is 0 Å². The highest BCUT2D eigenvalue weighted by molar-refractivity contribution is 5.30. The maximum Gasteiger partial charge on any atom is 0.185 e. The molecule has 1 aliphatic carbocycles. The number of hydrogen-bond acceptors (Lipinski definition) is 2. The Hall–Kier alpha value is -0.820. The van der Waals surface area contributed by atoms with Gasteiger partial charge in [0.1, 0.15) is 0 Å². The molecule has 0 aliphatic heterocycles. The number of aliphatic hydroxyl groups excluding tert-OH is 1. The topological polar surface area (TPSA) is 40.5 Å². The quantitative estimate of drug-likeness (QED) is 0.367. The van der Waals surface area contributed by atoms with Crippen molar-refractivity contribution in [3.8, 4) is 0 Å². The Morgan fingerprint density at radius 3 is 2.50 bits per heavy atom. The van der Waals surface area contributed by atoms with E-state index in [0.717, 1.165) is 0 Å². The normalized spacial score (nSPS) is 15.6. The van der Waals surface area contributed by atoms with E-state index in [9.17, 15) is 0 Å². The first-order valence-corrected chi connectivity index (χ1v) is 2.30. The molecule has 0 bridgehead atoms. The van der Waals surface area contributed by atoms with E-state index in [1.54, 1.807) is 18.2 Å². The smallest absolute Gasteiger partial charge is 0.185 e. The second-order valence-corrected chi connectivity index (χ2v) is 1.50. The van der Waals surface area contributed by atoms with Crippen LogP contribution in [0.15, 0.2) is 29.5 Å². The Kier molecular flexibility index (Phi) is 1.31. The van der Waals surface area contributed by atoms with E-state index in [4.69, 9.17) is 10.2 Å². The Labute approximate surface area is 47.1 Å². The van der Waals surface area contributed by atoms with E-state index in [1.807, 2.05) is 0 Å². The van der Waals surface area contributed by atoms with Crippen molar-refractivity contribution >= 4 is 0 Å². The van der Waals surface area contributed by atoms with E-state index in [1.165, 1.54) is 0 Å². The number of hydrogen-bond donors (Lipinski definition) is 2. The molecule has 8 heavy (non-hydrogen) atoms. The molecule has 0 aromatic heterocycles. The van der Waals surface area contributed by atoms with Gasteiger partial charge in [0.2, 0.25) is 0 Å². The van der Waals surface area contributed by atoms with Gasteiger partial charge < -0.3 is 10.2 Å². The molecule has 1 rings (SSSR count). The van der Waals surface area contributed by atoms with Crippen LogP contribution < -0.4 is 0 Å². The van der Waals surface area contributed by atoms with Gasteiger partial charge in [-0.2, -0.15) is 0 Å². The summed E-state index contributed by atoms with van der Waals surface area (Å²) in [6, 6.07) is 0. The van der Waals surface area contributed by atoms with Gasteiger partial charge in [0.25, 0.3) is 0 Å². The van der Waals surface area contributed by atoms with Crippen LogP contribution in [-0.4, -0.2) is 16.5 Å². The minimum absolute atomic E-state index is 0.421. The molecule has 0 aromatic carbocycles. The van der Waals surface area contributed by atoms with E-state index < -0.39 is 6.29 Å². The highest BCUT2D eigenvalue weighted by atomic mass is 16.5. The van der Waals surface area contributed by atoms with Crippen molar-refractivity contribution in [2.24, 2.45) is 0 Å². The summed E-state index contributed by atoms with van der Waals surface area (Å²) in [5.74, 6) is 0. The maximum absolute atomic E-state index is 8.44. The molecule has 0 saturated carbocycles. The van der Waals surface area contributed by atoms with Gasteiger partial charge in [-0.3, -0.25) is 0 Å². The number of rotatable bonds is 1. The fourth-order valence-electron chi connectivity index (χ4n) is 0.505. The average Bonchev–Trinajstić information content (AvgIpc) is 2.12. The van der Waals surface area contributed by atoms with Crippen LogP contribution >= 0.6 is 0 Å². The molecular weight excluding hydrogens is 104 g/mol. The van der Waals surface area contributed by atoms with Crippen LogP contribution in [0.25, 0.3) is 0 Å². The van der Waals surface area contributed by atoms with E-state index in [2.05, 4.69) is 5.73 Å². The molecule has 0 spiro atoms. The molecule has 42 valence electrons. The third-order valence-corrected chi connectivity index (χ3v) is 0.900. The summed E-state index contributed by atoms with van der Waals surface area (Å²) in [4.78, 5) is 0. The van der Waals surface area contributed by atoms with Gasteiger partial charge in [0, 0.05) is 5.57 Å². The molecule has 0 unspecified atom stereocenters. The summed E-state index contributed by atoms with van der Waals surface area (Å²) < 4.78 is 0. The lowest BCUT2D eigenvalue weighted by Gasteiger charge is -1.96. The summed E-state index contributed by atoms with van der Waals surface area (Å²) in [6.45, 7) is 0. The van der Waals surface area contributed by atoms with Crippen molar-refractivity contribution in [2.75, 3.05) is 0 Å². The van der Waals surface area contributed by atoms with Crippen LogP contribution in [0.3, 0.4) is 0 Å². The second kappa shape index (κ2) is 1.97. The molecule has 0 atom stereocenters. The molecule has 0 fully saturated rings. The van der Waals surface area contributed by atoms with E-state index in [0.29, 0.717) is 5.57 Å². The first kappa shape index (κ1) is 5.32. The van der Waals surface area contributed by atoms with Crippen molar-refractivity contribution in [3.05, 3.63) is 29.5 Å². The molecule has 0 heterocycles. The third-order valence-electron chi connectivity index (χ3n) is 0.900. The molecule has 0 radical (unpaired) electrons. The van der Waals surface area contributed by atoms with Gasteiger partial charge in [0.15, 0.2) is 6.29 Å². The van der Waals surface area contributed by atoms with Crippen molar-refractivity contribution in [3.63, 3.8) is 0 Å². The maximum atomic E-state index is 8.44. The van der Waals surface area contributed by atoms with Gasteiger partial charge in [-0.25, -0.2) is 0 Å². The lowest BCUT2D eigenvalue weighted by atomic mass is 10.3. The lowest BCUT2D eigenvalue weighted by Crippen LogP contribution is -2.04. The summed E-state index contributed by atoms with van der Waals surface area (Å²) >= 11 is 0. The standard InChI is InChI=1S/C6H6O2/c7-6(8)5-3-1-2-4-5/h1-3,6-8H. The van der Waals surface area contributed by atoms with Crippen LogP contribution in [0.2, 0.25) is 0 Å². The van der Waals surface area contributed by atoms with Crippen LogP contribution in [0.5, 0.6) is 0 Å². The number of aliphatic hydroxyl groups is 2. The van der Waals surface area contributed by atoms with Gasteiger partial charge in [-0.1, -0.05) is 6.08 Å². The zero-order valence-corrected chi connectivity index (χ0v) is 4.20. The fourth-order valence-corrected chi connectivity index (χ4v) is 0.505. The predicted octanol–water partition coefficient (Wildman–Crippen LogP) is -0.0516. The summed E-state index contributed by atoms with van der Waals surface area (Å²) in [6.07, 6.45) is 3.57. The Balaban J connectivity index is 2.74. The molecule has 2 heteroatoms. The molecule has 0 saturated heterocycles. The highest BCUT2D eigenvalue weighted by Gasteiger charge is 2.01. The average molecular weight is 110 g/mol. The molecule has 0 amide bonds. The zero-order chi connectivity index (χ0) is 5.98. The molecule has 2 N–H and O–H groups in total. The van der Waals surface area contributed by atoms with Gasteiger partial charge in [0.05, 0.1) is 0 Å².